The van der Waals surface area contributed by atoms with E-state index in [-0.39, 0.29) is 11.8 Å². The van der Waals surface area contributed by atoms with E-state index in [2.05, 4.69) is 0 Å². The van der Waals surface area contributed by atoms with E-state index < -0.39 is 6.04 Å². The van der Waals surface area contributed by atoms with Crippen molar-refractivity contribution in [2.24, 2.45) is 5.73 Å². The van der Waals surface area contributed by atoms with Crippen LogP contribution in [0.3, 0.4) is 0 Å². The molecular formula is C9H17N3O2. The predicted octanol–water partition coefficient (Wildman–Crippen LogP) is -0.976. The predicted molar refractivity (Wildman–Crippen MR) is 52.5 cm³/mol. The first-order chi connectivity index (χ1) is 6.52. The highest BCUT2D eigenvalue weighted by Crippen LogP contribution is 2.03. The van der Waals surface area contributed by atoms with Crippen LogP contribution in [0.25, 0.3) is 0 Å². The Balaban J connectivity index is 2.43. The lowest BCUT2D eigenvalue weighted by molar-refractivity contribution is -0.139. The first-order valence-electron chi connectivity index (χ1n) is 4.82. The maximum Gasteiger partial charge on any atom is 0.239 e. The van der Waals surface area contributed by atoms with Gasteiger partial charge in [-0.3, -0.25) is 9.59 Å². The lowest BCUT2D eigenvalue weighted by Crippen LogP contribution is -2.53. The van der Waals surface area contributed by atoms with E-state index in [0.29, 0.717) is 26.2 Å². The Morgan fingerprint density at radius 2 is 1.57 bits per heavy atom. The molecule has 0 spiro atoms. The van der Waals surface area contributed by atoms with Gasteiger partial charge in [0.25, 0.3) is 0 Å². The van der Waals surface area contributed by atoms with Crippen LogP contribution in [0, 0.1) is 0 Å². The molecule has 0 saturated carbocycles. The summed E-state index contributed by atoms with van der Waals surface area (Å²) in [5.41, 5.74) is 5.49. The number of nitrogens with zero attached hydrogens (tertiary/aromatic N) is 2. The molecule has 1 aliphatic rings. The number of nitrogens with two attached hydrogens (primary N) is 1. The largest absolute Gasteiger partial charge is 0.339 e. The van der Waals surface area contributed by atoms with Crippen molar-refractivity contribution in [3.8, 4) is 0 Å². The Morgan fingerprint density at radius 3 is 1.93 bits per heavy atom. The van der Waals surface area contributed by atoms with Crippen molar-refractivity contribution in [3.63, 3.8) is 0 Å². The zero-order chi connectivity index (χ0) is 10.7. The van der Waals surface area contributed by atoms with E-state index in [4.69, 9.17) is 5.73 Å². The van der Waals surface area contributed by atoms with Gasteiger partial charge in [-0.25, -0.2) is 0 Å². The number of carbonyl (C=O) groups is 2. The summed E-state index contributed by atoms with van der Waals surface area (Å²) in [4.78, 5) is 25.9. The normalized spacial score (nSPS) is 19.4. The van der Waals surface area contributed by atoms with Gasteiger partial charge < -0.3 is 15.5 Å². The molecule has 2 amide bonds. The minimum atomic E-state index is -0.445. The van der Waals surface area contributed by atoms with Gasteiger partial charge in [0.05, 0.1) is 6.04 Å². The Labute approximate surface area is 83.8 Å². The topological polar surface area (TPSA) is 66.6 Å². The summed E-state index contributed by atoms with van der Waals surface area (Å²) in [5.74, 6) is 0.0334. The number of carbonyl (C=O) groups excluding carboxylic acids is 2. The molecular weight excluding hydrogens is 182 g/mol. The van der Waals surface area contributed by atoms with Gasteiger partial charge in [-0.2, -0.15) is 0 Å². The molecule has 1 aliphatic heterocycles. The number of hydrogen-bond donors (Lipinski definition) is 1. The molecule has 80 valence electrons. The molecule has 2 N–H and O–H groups in total. The molecule has 0 aromatic heterocycles. The van der Waals surface area contributed by atoms with Crippen molar-refractivity contribution in [2.45, 2.75) is 19.9 Å². The van der Waals surface area contributed by atoms with E-state index in [1.54, 1.807) is 23.6 Å². The fourth-order valence-electron chi connectivity index (χ4n) is 1.53. The molecule has 1 saturated heterocycles. The highest BCUT2D eigenvalue weighted by Gasteiger charge is 2.23. The first-order valence-corrected chi connectivity index (χ1v) is 4.82. The fourth-order valence-corrected chi connectivity index (χ4v) is 1.53. The molecule has 0 bridgehead atoms. The molecule has 1 rings (SSSR count). The molecule has 0 unspecified atom stereocenters. The summed E-state index contributed by atoms with van der Waals surface area (Å²) in [7, 11) is 0. The fraction of sp³-hybridized carbons (Fsp3) is 0.778. The van der Waals surface area contributed by atoms with Crippen LogP contribution in [0.15, 0.2) is 0 Å². The van der Waals surface area contributed by atoms with Crippen molar-refractivity contribution < 1.29 is 9.59 Å². The Hall–Kier alpha value is -1.10. The van der Waals surface area contributed by atoms with Gasteiger partial charge in [0.2, 0.25) is 11.8 Å². The molecule has 5 nitrogen and oxygen atoms in total. The van der Waals surface area contributed by atoms with E-state index >= 15 is 0 Å². The van der Waals surface area contributed by atoms with E-state index in [1.165, 1.54) is 0 Å². The van der Waals surface area contributed by atoms with Crippen LogP contribution in [-0.4, -0.2) is 53.8 Å². The summed E-state index contributed by atoms with van der Waals surface area (Å²) in [6, 6.07) is -0.445. The van der Waals surface area contributed by atoms with E-state index in [1.807, 2.05) is 0 Å². The quantitative estimate of drug-likeness (QED) is 0.590. The molecule has 0 radical (unpaired) electrons. The molecule has 14 heavy (non-hydrogen) atoms. The molecule has 1 fully saturated rings. The van der Waals surface area contributed by atoms with Crippen LogP contribution in [-0.2, 0) is 9.59 Å². The van der Waals surface area contributed by atoms with Crippen molar-refractivity contribution in [2.75, 3.05) is 26.2 Å². The molecule has 0 aliphatic carbocycles. The second-order valence-electron chi connectivity index (χ2n) is 3.62. The van der Waals surface area contributed by atoms with Crippen LogP contribution in [0.4, 0.5) is 0 Å². The Bertz CT molecular complexity index is 232. The Kier molecular flexibility index (Phi) is 3.46. The number of piperazine rings is 1. The molecule has 1 heterocycles. The smallest absolute Gasteiger partial charge is 0.239 e. The van der Waals surface area contributed by atoms with Crippen LogP contribution < -0.4 is 5.73 Å². The number of hydrogen-bond acceptors (Lipinski definition) is 3. The van der Waals surface area contributed by atoms with Crippen molar-refractivity contribution in [1.82, 2.24) is 9.80 Å². The van der Waals surface area contributed by atoms with Gasteiger partial charge in [0.15, 0.2) is 0 Å². The summed E-state index contributed by atoms with van der Waals surface area (Å²) >= 11 is 0. The average molecular weight is 199 g/mol. The summed E-state index contributed by atoms with van der Waals surface area (Å²) in [6.45, 7) is 5.66. The third kappa shape index (κ3) is 2.45. The lowest BCUT2D eigenvalue weighted by Gasteiger charge is -2.34. The SMILES string of the molecule is CC(=O)N1CCN(C(=O)[C@H](C)N)CC1. The zero-order valence-electron chi connectivity index (χ0n) is 8.69. The van der Waals surface area contributed by atoms with Crippen molar-refractivity contribution in [3.05, 3.63) is 0 Å². The highest BCUT2D eigenvalue weighted by molar-refractivity contribution is 5.81. The Morgan fingerprint density at radius 1 is 1.14 bits per heavy atom. The van der Waals surface area contributed by atoms with Gasteiger partial charge in [-0.1, -0.05) is 0 Å². The second-order valence-corrected chi connectivity index (χ2v) is 3.62. The van der Waals surface area contributed by atoms with Crippen molar-refractivity contribution >= 4 is 11.8 Å². The number of amides is 2. The van der Waals surface area contributed by atoms with Gasteiger partial charge in [0.1, 0.15) is 0 Å². The average Bonchev–Trinajstić information content (AvgIpc) is 2.16. The summed E-state index contributed by atoms with van der Waals surface area (Å²) in [6.07, 6.45) is 0. The van der Waals surface area contributed by atoms with Crippen LogP contribution in [0.1, 0.15) is 13.8 Å². The zero-order valence-corrected chi connectivity index (χ0v) is 8.69. The minimum Gasteiger partial charge on any atom is -0.339 e. The van der Waals surface area contributed by atoms with Crippen LogP contribution in [0.2, 0.25) is 0 Å². The van der Waals surface area contributed by atoms with Crippen LogP contribution in [0.5, 0.6) is 0 Å². The van der Waals surface area contributed by atoms with Gasteiger partial charge in [0, 0.05) is 33.1 Å². The summed E-state index contributed by atoms with van der Waals surface area (Å²) < 4.78 is 0. The molecule has 1 atom stereocenters. The van der Waals surface area contributed by atoms with Crippen LogP contribution >= 0.6 is 0 Å². The standard InChI is InChI=1S/C9H17N3O2/c1-7(10)9(14)12-5-3-11(4-6-12)8(2)13/h7H,3-6,10H2,1-2H3/t7-/m0/s1. The first kappa shape index (κ1) is 11.0. The lowest BCUT2D eigenvalue weighted by atomic mass is 10.2. The molecule has 5 heteroatoms. The number of rotatable bonds is 1. The second kappa shape index (κ2) is 4.41. The minimum absolute atomic E-state index is 0.0341. The third-order valence-corrected chi connectivity index (χ3v) is 2.43. The summed E-state index contributed by atoms with van der Waals surface area (Å²) in [5, 5.41) is 0. The maximum atomic E-state index is 11.5. The molecule has 0 aromatic rings. The van der Waals surface area contributed by atoms with Gasteiger partial charge in [-0.05, 0) is 6.92 Å². The van der Waals surface area contributed by atoms with Crippen molar-refractivity contribution in [1.29, 1.82) is 0 Å². The molecule has 0 aromatic carbocycles. The van der Waals surface area contributed by atoms with Gasteiger partial charge in [-0.15, -0.1) is 0 Å². The maximum absolute atomic E-state index is 11.5. The van der Waals surface area contributed by atoms with Gasteiger partial charge >= 0.3 is 0 Å². The van der Waals surface area contributed by atoms with E-state index in [9.17, 15) is 9.59 Å². The monoisotopic (exact) mass is 199 g/mol. The highest BCUT2D eigenvalue weighted by atomic mass is 16.2. The third-order valence-electron chi connectivity index (χ3n) is 2.43. The van der Waals surface area contributed by atoms with E-state index in [0.717, 1.165) is 0 Å².